The van der Waals surface area contributed by atoms with Crippen molar-refractivity contribution in [2.45, 2.75) is 6.54 Å². The number of methoxy groups -OCH3 is 1. The molecule has 0 bridgehead atoms. The van der Waals surface area contributed by atoms with Crippen molar-refractivity contribution in [3.8, 4) is 23.2 Å². The lowest BCUT2D eigenvalue weighted by atomic mass is 10.2. The van der Waals surface area contributed by atoms with Gasteiger partial charge in [0.2, 0.25) is 0 Å². The topological polar surface area (TPSA) is 89.4 Å². The summed E-state index contributed by atoms with van der Waals surface area (Å²) in [4.78, 5) is 2.47. The molecule has 2 N–H and O–H groups in total. The number of tetrazole rings is 1. The van der Waals surface area contributed by atoms with Gasteiger partial charge in [-0.05, 0) is 40.3 Å². The van der Waals surface area contributed by atoms with Crippen LogP contribution in [0.2, 0.25) is 0 Å². The van der Waals surface area contributed by atoms with Crippen LogP contribution in [-0.4, -0.2) is 71.5 Å². The molecule has 2 aromatic carbocycles. The zero-order valence-corrected chi connectivity index (χ0v) is 17.1. The molecule has 2 heterocycles. The van der Waals surface area contributed by atoms with Crippen LogP contribution in [0.1, 0.15) is 5.56 Å². The van der Waals surface area contributed by atoms with E-state index in [-0.39, 0.29) is 6.01 Å². The van der Waals surface area contributed by atoms with Crippen molar-refractivity contribution in [1.29, 1.82) is 0 Å². The summed E-state index contributed by atoms with van der Waals surface area (Å²) in [7, 11) is 1.63. The summed E-state index contributed by atoms with van der Waals surface area (Å²) in [5.41, 5.74) is 1.95. The summed E-state index contributed by atoms with van der Waals surface area (Å²) in [6.07, 6.45) is 0. The van der Waals surface area contributed by atoms with Crippen LogP contribution in [0.5, 0.6) is 17.5 Å². The third-order valence-corrected chi connectivity index (χ3v) is 5.01. The van der Waals surface area contributed by atoms with Gasteiger partial charge in [-0.25, -0.2) is 0 Å². The average molecular weight is 409 g/mol. The minimum absolute atomic E-state index is 0.279. The predicted molar refractivity (Wildman–Crippen MR) is 113 cm³/mol. The van der Waals surface area contributed by atoms with Crippen LogP contribution in [0.25, 0.3) is 5.69 Å². The van der Waals surface area contributed by atoms with E-state index in [1.54, 1.807) is 11.8 Å². The molecule has 9 heteroatoms. The van der Waals surface area contributed by atoms with E-state index >= 15 is 0 Å². The van der Waals surface area contributed by atoms with Gasteiger partial charge < -0.3 is 20.1 Å². The number of benzene rings is 2. The van der Waals surface area contributed by atoms with Gasteiger partial charge in [0.25, 0.3) is 0 Å². The molecular formula is C21H27N7O2. The maximum absolute atomic E-state index is 5.95. The highest BCUT2D eigenvalue weighted by Crippen LogP contribution is 2.32. The van der Waals surface area contributed by atoms with Crippen LogP contribution in [0.15, 0.2) is 48.5 Å². The molecule has 1 aliphatic rings. The van der Waals surface area contributed by atoms with E-state index in [1.807, 2.05) is 48.5 Å². The molecule has 1 fully saturated rings. The molecule has 0 unspecified atom stereocenters. The van der Waals surface area contributed by atoms with E-state index in [0.29, 0.717) is 11.5 Å². The summed E-state index contributed by atoms with van der Waals surface area (Å²) in [5.74, 6) is 1.20. The summed E-state index contributed by atoms with van der Waals surface area (Å²) in [6, 6.07) is 15.8. The number of nitrogens with one attached hydrogen (secondary N) is 2. The summed E-state index contributed by atoms with van der Waals surface area (Å²) in [5, 5.41) is 18.6. The molecule has 1 aliphatic heterocycles. The molecule has 9 nitrogen and oxygen atoms in total. The van der Waals surface area contributed by atoms with Gasteiger partial charge in [0.15, 0.2) is 11.5 Å². The molecule has 0 radical (unpaired) electrons. The van der Waals surface area contributed by atoms with Crippen LogP contribution in [0.3, 0.4) is 0 Å². The zero-order valence-electron chi connectivity index (χ0n) is 17.1. The second-order valence-electron chi connectivity index (χ2n) is 7.06. The molecule has 0 spiro atoms. The fourth-order valence-electron chi connectivity index (χ4n) is 3.38. The molecule has 3 aromatic rings. The molecule has 0 saturated carbocycles. The number of nitrogens with zero attached hydrogens (tertiary/aromatic N) is 5. The van der Waals surface area contributed by atoms with E-state index in [9.17, 15) is 0 Å². The fraction of sp³-hybridized carbons (Fsp3) is 0.381. The summed E-state index contributed by atoms with van der Waals surface area (Å²) in [6.45, 7) is 7.16. The Morgan fingerprint density at radius 2 is 1.90 bits per heavy atom. The Morgan fingerprint density at radius 1 is 1.07 bits per heavy atom. The molecule has 158 valence electrons. The number of ether oxygens (including phenoxy) is 2. The lowest BCUT2D eigenvalue weighted by Crippen LogP contribution is -2.45. The molecule has 1 saturated heterocycles. The minimum Gasteiger partial charge on any atom is -0.493 e. The van der Waals surface area contributed by atoms with Crippen molar-refractivity contribution in [2.75, 3.05) is 46.4 Å². The van der Waals surface area contributed by atoms with Crippen molar-refractivity contribution >= 4 is 0 Å². The van der Waals surface area contributed by atoms with Gasteiger partial charge in [0, 0.05) is 45.8 Å². The quantitative estimate of drug-likeness (QED) is 0.514. The Labute approximate surface area is 176 Å². The monoisotopic (exact) mass is 409 g/mol. The van der Waals surface area contributed by atoms with Gasteiger partial charge in [0.05, 0.1) is 12.8 Å². The lowest BCUT2D eigenvalue weighted by molar-refractivity contribution is 0.241. The molecular weight excluding hydrogens is 382 g/mol. The van der Waals surface area contributed by atoms with Gasteiger partial charge in [0.1, 0.15) is 0 Å². The van der Waals surface area contributed by atoms with Gasteiger partial charge in [-0.15, -0.1) is 0 Å². The van der Waals surface area contributed by atoms with Crippen molar-refractivity contribution in [3.63, 3.8) is 0 Å². The summed E-state index contributed by atoms with van der Waals surface area (Å²) >= 11 is 0. The fourth-order valence-corrected chi connectivity index (χ4v) is 3.38. The first-order chi connectivity index (χ1) is 14.8. The van der Waals surface area contributed by atoms with Gasteiger partial charge in [-0.1, -0.05) is 29.4 Å². The Hall–Kier alpha value is -3.01. The standard InChI is InChI=1S/C21H27N7O2/c1-29-20-15-17(16-23-11-14-27-12-9-22-10-13-27)7-8-19(20)30-21-24-25-26-28(21)18-5-3-2-4-6-18/h2-8,15,22-23H,9-14,16H2,1H3. The molecule has 4 rings (SSSR count). The second kappa shape index (κ2) is 10.1. The molecule has 0 amide bonds. The smallest absolute Gasteiger partial charge is 0.346 e. The first kappa shape index (κ1) is 20.3. The highest BCUT2D eigenvalue weighted by atomic mass is 16.5. The number of para-hydroxylation sites is 1. The predicted octanol–water partition coefficient (Wildman–Crippen LogP) is 1.46. The van der Waals surface area contributed by atoms with E-state index in [2.05, 4.69) is 31.1 Å². The average Bonchev–Trinajstić information content (AvgIpc) is 3.27. The van der Waals surface area contributed by atoms with Crippen LogP contribution < -0.4 is 20.1 Å². The molecule has 30 heavy (non-hydrogen) atoms. The van der Waals surface area contributed by atoms with Crippen molar-refractivity contribution in [1.82, 2.24) is 35.7 Å². The van der Waals surface area contributed by atoms with Gasteiger partial charge >= 0.3 is 6.01 Å². The first-order valence-corrected chi connectivity index (χ1v) is 10.2. The maximum Gasteiger partial charge on any atom is 0.346 e. The number of aromatic nitrogens is 4. The normalized spacial score (nSPS) is 14.6. The summed E-state index contributed by atoms with van der Waals surface area (Å²) < 4.78 is 13.0. The largest absolute Gasteiger partial charge is 0.493 e. The SMILES string of the molecule is COc1cc(CNCCN2CCNCC2)ccc1Oc1nnnn1-c1ccccc1. The van der Waals surface area contributed by atoms with Crippen molar-refractivity contribution in [2.24, 2.45) is 0 Å². The van der Waals surface area contributed by atoms with E-state index in [0.717, 1.165) is 57.1 Å². The Kier molecular flexibility index (Phi) is 6.86. The zero-order chi connectivity index (χ0) is 20.6. The van der Waals surface area contributed by atoms with Crippen molar-refractivity contribution < 1.29 is 9.47 Å². The molecule has 0 atom stereocenters. The van der Waals surface area contributed by atoms with Crippen LogP contribution >= 0.6 is 0 Å². The molecule has 1 aromatic heterocycles. The van der Waals surface area contributed by atoms with E-state index in [4.69, 9.17) is 9.47 Å². The Morgan fingerprint density at radius 3 is 2.70 bits per heavy atom. The lowest BCUT2D eigenvalue weighted by Gasteiger charge is -2.27. The third-order valence-electron chi connectivity index (χ3n) is 5.01. The van der Waals surface area contributed by atoms with Crippen LogP contribution in [0, 0.1) is 0 Å². The third kappa shape index (κ3) is 5.12. The van der Waals surface area contributed by atoms with E-state index in [1.165, 1.54) is 0 Å². The number of hydrogen-bond acceptors (Lipinski definition) is 8. The highest BCUT2D eigenvalue weighted by Gasteiger charge is 2.14. The number of piperazine rings is 1. The van der Waals surface area contributed by atoms with E-state index < -0.39 is 0 Å². The van der Waals surface area contributed by atoms with Crippen molar-refractivity contribution in [3.05, 3.63) is 54.1 Å². The first-order valence-electron chi connectivity index (χ1n) is 10.2. The number of hydrogen-bond donors (Lipinski definition) is 2. The molecule has 0 aliphatic carbocycles. The maximum atomic E-state index is 5.95. The van der Waals surface area contributed by atoms with Gasteiger partial charge in [-0.3, -0.25) is 4.90 Å². The Balaban J connectivity index is 1.37. The highest BCUT2D eigenvalue weighted by molar-refractivity contribution is 5.44. The minimum atomic E-state index is 0.279. The van der Waals surface area contributed by atoms with Crippen LogP contribution in [-0.2, 0) is 6.54 Å². The Bertz CT molecular complexity index is 926. The van der Waals surface area contributed by atoms with Crippen LogP contribution in [0.4, 0.5) is 0 Å². The number of rotatable bonds is 9. The van der Waals surface area contributed by atoms with Gasteiger partial charge in [-0.2, -0.15) is 4.68 Å². The second-order valence-corrected chi connectivity index (χ2v) is 7.06.